The zero-order valence-electron chi connectivity index (χ0n) is 10.3. The number of nitrogens with zero attached hydrogens (tertiary/aromatic N) is 1. The molecule has 92 valence electrons. The van der Waals surface area contributed by atoms with Crippen LogP contribution in [0.4, 0.5) is 0 Å². The largest absolute Gasteiger partial charge is 0.310 e. The smallest absolute Gasteiger partial charge is 0.0943 e. The summed E-state index contributed by atoms with van der Waals surface area (Å²) < 4.78 is 0. The van der Waals surface area contributed by atoms with Crippen LogP contribution in [0.3, 0.4) is 0 Å². The second-order valence-corrected chi connectivity index (χ2v) is 5.87. The Labute approximate surface area is 111 Å². The van der Waals surface area contributed by atoms with E-state index in [4.69, 9.17) is 0 Å². The average Bonchev–Trinajstić information content (AvgIpc) is 2.95. The summed E-state index contributed by atoms with van der Waals surface area (Å²) in [6.45, 7) is 5.45. The second kappa shape index (κ2) is 6.28. The summed E-state index contributed by atoms with van der Waals surface area (Å²) in [7, 11) is 0. The summed E-state index contributed by atoms with van der Waals surface area (Å²) in [5.74, 6) is 0. The van der Waals surface area contributed by atoms with Gasteiger partial charge < -0.3 is 5.32 Å². The molecule has 0 aliphatic carbocycles. The Kier molecular flexibility index (Phi) is 4.71. The minimum absolute atomic E-state index is 0.410. The lowest BCUT2D eigenvalue weighted by Gasteiger charge is -2.17. The van der Waals surface area contributed by atoms with Crippen LogP contribution in [-0.4, -0.2) is 11.5 Å². The molecule has 0 radical (unpaired) electrons. The second-order valence-electron chi connectivity index (χ2n) is 4.15. The van der Waals surface area contributed by atoms with Crippen molar-refractivity contribution in [2.24, 2.45) is 0 Å². The summed E-state index contributed by atoms with van der Waals surface area (Å²) in [5.41, 5.74) is 2.82. The van der Waals surface area contributed by atoms with Gasteiger partial charge in [0.2, 0.25) is 0 Å². The Balaban J connectivity index is 2.11. The van der Waals surface area contributed by atoms with E-state index in [-0.39, 0.29) is 0 Å². The SMILES string of the molecule is CCCNC(Cc1nccs1)c1cscc1C. The number of rotatable bonds is 6. The third-order valence-corrected chi connectivity index (χ3v) is 4.46. The van der Waals surface area contributed by atoms with Gasteiger partial charge in [-0.2, -0.15) is 11.3 Å². The zero-order valence-corrected chi connectivity index (χ0v) is 11.9. The third kappa shape index (κ3) is 3.37. The quantitative estimate of drug-likeness (QED) is 0.860. The van der Waals surface area contributed by atoms with Crippen LogP contribution >= 0.6 is 22.7 Å². The fraction of sp³-hybridized carbons (Fsp3) is 0.462. The highest BCUT2D eigenvalue weighted by atomic mass is 32.1. The van der Waals surface area contributed by atoms with Gasteiger partial charge in [0.15, 0.2) is 0 Å². The van der Waals surface area contributed by atoms with Crippen molar-refractivity contribution >= 4 is 22.7 Å². The summed E-state index contributed by atoms with van der Waals surface area (Å²) in [5, 5.41) is 11.4. The Bertz CT molecular complexity index is 434. The summed E-state index contributed by atoms with van der Waals surface area (Å²) in [6.07, 6.45) is 4.05. The molecule has 2 heterocycles. The van der Waals surface area contributed by atoms with E-state index >= 15 is 0 Å². The van der Waals surface area contributed by atoms with Gasteiger partial charge in [0, 0.05) is 24.0 Å². The number of hydrogen-bond acceptors (Lipinski definition) is 4. The molecule has 2 aromatic heterocycles. The van der Waals surface area contributed by atoms with Crippen molar-refractivity contribution in [2.45, 2.75) is 32.7 Å². The summed E-state index contributed by atoms with van der Waals surface area (Å²) >= 11 is 3.52. The molecule has 17 heavy (non-hydrogen) atoms. The Morgan fingerprint density at radius 1 is 1.41 bits per heavy atom. The maximum absolute atomic E-state index is 4.39. The van der Waals surface area contributed by atoms with Gasteiger partial charge in [-0.05, 0) is 41.8 Å². The van der Waals surface area contributed by atoms with E-state index in [9.17, 15) is 0 Å². The normalized spacial score (nSPS) is 12.8. The number of aromatic nitrogens is 1. The van der Waals surface area contributed by atoms with Crippen LogP contribution in [-0.2, 0) is 6.42 Å². The molecule has 0 amide bonds. The lowest BCUT2D eigenvalue weighted by molar-refractivity contribution is 0.527. The minimum atomic E-state index is 0.410. The molecule has 0 fully saturated rings. The minimum Gasteiger partial charge on any atom is -0.310 e. The van der Waals surface area contributed by atoms with E-state index in [1.165, 1.54) is 16.1 Å². The van der Waals surface area contributed by atoms with E-state index in [0.717, 1.165) is 19.4 Å². The van der Waals surface area contributed by atoms with Gasteiger partial charge in [-0.25, -0.2) is 4.98 Å². The first-order valence-corrected chi connectivity index (χ1v) is 7.78. The predicted octanol–water partition coefficient (Wildman–Crippen LogP) is 3.80. The lowest BCUT2D eigenvalue weighted by Crippen LogP contribution is -2.24. The predicted molar refractivity (Wildman–Crippen MR) is 75.9 cm³/mol. The molecule has 4 heteroatoms. The molecule has 1 unspecified atom stereocenters. The molecule has 0 aromatic carbocycles. The van der Waals surface area contributed by atoms with Crippen LogP contribution in [0.2, 0.25) is 0 Å². The Morgan fingerprint density at radius 3 is 2.88 bits per heavy atom. The highest BCUT2D eigenvalue weighted by Crippen LogP contribution is 2.25. The first-order valence-electron chi connectivity index (χ1n) is 5.95. The maximum atomic E-state index is 4.39. The standard InChI is InChI=1S/C13H18N2S2/c1-3-4-14-12(7-13-15-5-6-17-13)11-9-16-8-10(11)2/h5-6,8-9,12,14H,3-4,7H2,1-2H3. The van der Waals surface area contributed by atoms with E-state index in [1.54, 1.807) is 22.7 Å². The zero-order chi connectivity index (χ0) is 12.1. The van der Waals surface area contributed by atoms with Crippen LogP contribution in [0.25, 0.3) is 0 Å². The summed E-state index contributed by atoms with van der Waals surface area (Å²) in [6, 6.07) is 0.410. The molecular weight excluding hydrogens is 248 g/mol. The first-order chi connectivity index (χ1) is 8.31. The molecule has 1 atom stereocenters. The molecule has 2 nitrogen and oxygen atoms in total. The maximum Gasteiger partial charge on any atom is 0.0943 e. The fourth-order valence-corrected chi connectivity index (χ4v) is 3.43. The molecule has 0 spiro atoms. The highest BCUT2D eigenvalue weighted by Gasteiger charge is 2.15. The molecule has 0 saturated carbocycles. The first kappa shape index (κ1) is 12.7. The van der Waals surface area contributed by atoms with Gasteiger partial charge in [0.25, 0.3) is 0 Å². The molecular formula is C13H18N2S2. The topological polar surface area (TPSA) is 24.9 Å². The van der Waals surface area contributed by atoms with E-state index in [0.29, 0.717) is 6.04 Å². The fourth-order valence-electron chi connectivity index (χ4n) is 1.87. The lowest BCUT2D eigenvalue weighted by atomic mass is 10.0. The van der Waals surface area contributed by atoms with Gasteiger partial charge >= 0.3 is 0 Å². The molecule has 1 N–H and O–H groups in total. The van der Waals surface area contributed by atoms with Crippen LogP contribution in [0.15, 0.2) is 22.3 Å². The molecule has 0 aliphatic heterocycles. The molecule has 2 aromatic rings. The Hall–Kier alpha value is -0.710. The molecule has 0 aliphatic rings. The number of thiazole rings is 1. The molecule has 2 rings (SSSR count). The third-order valence-electron chi connectivity index (χ3n) is 2.77. The van der Waals surface area contributed by atoms with Crippen molar-refractivity contribution in [1.29, 1.82) is 0 Å². The van der Waals surface area contributed by atoms with Crippen LogP contribution < -0.4 is 5.32 Å². The number of hydrogen-bond donors (Lipinski definition) is 1. The number of thiophene rings is 1. The van der Waals surface area contributed by atoms with Crippen LogP contribution in [0, 0.1) is 6.92 Å². The Morgan fingerprint density at radius 2 is 2.29 bits per heavy atom. The van der Waals surface area contributed by atoms with Crippen LogP contribution in [0.1, 0.15) is 35.5 Å². The van der Waals surface area contributed by atoms with E-state index < -0.39 is 0 Å². The average molecular weight is 266 g/mol. The van der Waals surface area contributed by atoms with Crippen molar-refractivity contribution in [1.82, 2.24) is 10.3 Å². The monoisotopic (exact) mass is 266 g/mol. The summed E-state index contributed by atoms with van der Waals surface area (Å²) in [4.78, 5) is 4.39. The molecule has 0 bridgehead atoms. The molecule has 0 saturated heterocycles. The van der Waals surface area contributed by atoms with E-state index in [2.05, 4.69) is 34.9 Å². The van der Waals surface area contributed by atoms with Gasteiger partial charge in [0.1, 0.15) is 0 Å². The number of aryl methyl sites for hydroxylation is 1. The van der Waals surface area contributed by atoms with Gasteiger partial charge in [-0.1, -0.05) is 6.92 Å². The number of nitrogens with one attached hydrogen (secondary N) is 1. The van der Waals surface area contributed by atoms with Gasteiger partial charge in [-0.15, -0.1) is 11.3 Å². The van der Waals surface area contributed by atoms with Crippen molar-refractivity contribution in [3.63, 3.8) is 0 Å². The van der Waals surface area contributed by atoms with Crippen molar-refractivity contribution in [3.05, 3.63) is 38.5 Å². The van der Waals surface area contributed by atoms with Crippen LogP contribution in [0.5, 0.6) is 0 Å². The van der Waals surface area contributed by atoms with Crippen molar-refractivity contribution < 1.29 is 0 Å². The van der Waals surface area contributed by atoms with E-state index in [1.807, 2.05) is 11.6 Å². The van der Waals surface area contributed by atoms with Gasteiger partial charge in [-0.3, -0.25) is 0 Å². The van der Waals surface area contributed by atoms with Gasteiger partial charge in [0.05, 0.1) is 5.01 Å². The van der Waals surface area contributed by atoms with Crippen molar-refractivity contribution in [3.8, 4) is 0 Å². The highest BCUT2D eigenvalue weighted by molar-refractivity contribution is 7.09. The van der Waals surface area contributed by atoms with Crippen molar-refractivity contribution in [2.75, 3.05) is 6.54 Å².